The van der Waals surface area contributed by atoms with Gasteiger partial charge in [-0.05, 0) is 12.1 Å². The van der Waals surface area contributed by atoms with Gasteiger partial charge < -0.3 is 24.6 Å². The summed E-state index contributed by atoms with van der Waals surface area (Å²) in [4.78, 5) is 1.65. The van der Waals surface area contributed by atoms with E-state index in [-0.39, 0.29) is 29.5 Å². The number of piperazine rings is 1. The second-order valence-electron chi connectivity index (χ2n) is 5.53. The molecule has 0 radical (unpaired) electrons. The minimum Gasteiger partial charge on any atom is -0.493 e. The van der Waals surface area contributed by atoms with Crippen molar-refractivity contribution < 1.29 is 28.1 Å². The highest BCUT2D eigenvalue weighted by Gasteiger charge is 2.46. The maximum Gasteiger partial charge on any atom is 0.290 e. The Kier molecular flexibility index (Phi) is 8.14. The highest BCUT2D eigenvalue weighted by Crippen LogP contribution is 2.47. The molecule has 0 unspecified atom stereocenters. The van der Waals surface area contributed by atoms with Crippen LogP contribution in [0.25, 0.3) is 0 Å². The van der Waals surface area contributed by atoms with Gasteiger partial charge in [-0.15, -0.1) is 12.4 Å². The van der Waals surface area contributed by atoms with Crippen LogP contribution in [-0.2, 0) is 0 Å². The van der Waals surface area contributed by atoms with Crippen LogP contribution < -0.4 is 19.5 Å². The van der Waals surface area contributed by atoms with Crippen molar-refractivity contribution in [3.8, 4) is 17.2 Å². The fourth-order valence-corrected chi connectivity index (χ4v) is 3.06. The average molecular weight is 383 g/mol. The normalized spacial score (nSPS) is 16.7. The largest absolute Gasteiger partial charge is 0.493 e. The third-order valence-electron chi connectivity index (χ3n) is 4.16. The molecule has 9 heteroatoms. The third kappa shape index (κ3) is 4.44. The minimum absolute atomic E-state index is 0. The van der Waals surface area contributed by atoms with Crippen molar-refractivity contribution in [2.75, 3.05) is 54.1 Å². The first-order valence-electron chi connectivity index (χ1n) is 7.72. The van der Waals surface area contributed by atoms with Crippen LogP contribution in [0.2, 0.25) is 0 Å². The molecule has 1 heterocycles. The number of aliphatic hydroxyl groups excluding tert-OH is 1. The van der Waals surface area contributed by atoms with E-state index in [1.807, 2.05) is 0 Å². The van der Waals surface area contributed by atoms with Gasteiger partial charge in [0.15, 0.2) is 11.5 Å². The first-order valence-corrected chi connectivity index (χ1v) is 7.72. The van der Waals surface area contributed by atoms with Gasteiger partial charge >= 0.3 is 0 Å². The van der Waals surface area contributed by atoms with Crippen LogP contribution in [0.1, 0.15) is 11.6 Å². The molecule has 0 aliphatic carbocycles. The van der Waals surface area contributed by atoms with E-state index in [2.05, 4.69) is 5.32 Å². The van der Waals surface area contributed by atoms with E-state index in [0.29, 0.717) is 31.9 Å². The SMILES string of the molecule is COc1ccc([C@H](N2CCNCC2)C(F)(F)CO)c(OC)c1OC.Cl. The van der Waals surface area contributed by atoms with Gasteiger partial charge in [-0.25, -0.2) is 8.78 Å². The molecule has 1 fully saturated rings. The summed E-state index contributed by atoms with van der Waals surface area (Å²) in [6, 6.07) is 1.79. The zero-order valence-electron chi connectivity index (χ0n) is 14.6. The van der Waals surface area contributed by atoms with Crippen molar-refractivity contribution in [1.82, 2.24) is 10.2 Å². The van der Waals surface area contributed by atoms with Gasteiger partial charge in [-0.2, -0.15) is 0 Å². The molecule has 1 aromatic rings. The number of hydrogen-bond acceptors (Lipinski definition) is 6. The van der Waals surface area contributed by atoms with Gasteiger partial charge in [-0.3, -0.25) is 4.90 Å². The second-order valence-corrected chi connectivity index (χ2v) is 5.53. The summed E-state index contributed by atoms with van der Waals surface area (Å²) in [6.45, 7) is 0.843. The first-order chi connectivity index (χ1) is 11.5. The minimum atomic E-state index is -3.33. The highest BCUT2D eigenvalue weighted by molar-refractivity contribution is 5.85. The van der Waals surface area contributed by atoms with E-state index in [0.717, 1.165) is 0 Å². The van der Waals surface area contributed by atoms with Gasteiger partial charge in [-0.1, -0.05) is 0 Å². The molecular formula is C16H25ClF2N2O4. The van der Waals surface area contributed by atoms with Gasteiger partial charge in [0.2, 0.25) is 5.75 Å². The number of alkyl halides is 2. The first kappa shape index (κ1) is 21.7. The van der Waals surface area contributed by atoms with Gasteiger partial charge in [0.25, 0.3) is 5.92 Å². The number of hydrogen-bond donors (Lipinski definition) is 2. The standard InChI is InChI=1S/C16H24F2N2O4.ClH/c1-22-12-5-4-11(13(23-2)14(12)24-3)15(16(17,18)10-21)20-8-6-19-7-9-20;/h4-5,15,19,21H,6-10H2,1-3H3;1H/t15-;/m0./s1. The Balaban J connectivity index is 0.00000312. The quantitative estimate of drug-likeness (QED) is 0.748. The highest BCUT2D eigenvalue weighted by atomic mass is 35.5. The van der Waals surface area contributed by atoms with E-state index in [4.69, 9.17) is 14.2 Å². The number of nitrogens with zero attached hydrogens (tertiary/aromatic N) is 1. The van der Waals surface area contributed by atoms with Crippen molar-refractivity contribution in [3.63, 3.8) is 0 Å². The second kappa shape index (κ2) is 9.38. The summed E-state index contributed by atoms with van der Waals surface area (Å²) in [7, 11) is 4.29. The predicted molar refractivity (Wildman–Crippen MR) is 92.6 cm³/mol. The van der Waals surface area contributed by atoms with Crippen LogP contribution in [0.5, 0.6) is 17.2 Å². The van der Waals surface area contributed by atoms with Crippen LogP contribution in [0.15, 0.2) is 12.1 Å². The molecular weight excluding hydrogens is 358 g/mol. The Hall–Kier alpha value is -1.35. The Morgan fingerprint density at radius 3 is 2.20 bits per heavy atom. The molecule has 0 aromatic heterocycles. The van der Waals surface area contributed by atoms with E-state index in [1.165, 1.54) is 27.4 Å². The number of rotatable bonds is 7. The van der Waals surface area contributed by atoms with Crippen LogP contribution in [0, 0.1) is 0 Å². The molecule has 2 N–H and O–H groups in total. The van der Waals surface area contributed by atoms with Gasteiger partial charge in [0, 0.05) is 31.7 Å². The molecule has 25 heavy (non-hydrogen) atoms. The lowest BCUT2D eigenvalue weighted by molar-refractivity contribution is -0.119. The lowest BCUT2D eigenvalue weighted by atomic mass is 9.96. The molecule has 6 nitrogen and oxygen atoms in total. The number of nitrogens with one attached hydrogen (secondary N) is 1. The maximum absolute atomic E-state index is 14.6. The van der Waals surface area contributed by atoms with Crippen molar-refractivity contribution in [2.24, 2.45) is 0 Å². The maximum atomic E-state index is 14.6. The summed E-state index contributed by atoms with van der Waals surface area (Å²) < 4.78 is 45.0. The molecule has 0 saturated carbocycles. The lowest BCUT2D eigenvalue weighted by Gasteiger charge is -2.39. The molecule has 144 valence electrons. The average Bonchev–Trinajstić information content (AvgIpc) is 2.61. The lowest BCUT2D eigenvalue weighted by Crippen LogP contribution is -2.51. The zero-order valence-corrected chi connectivity index (χ0v) is 15.4. The molecule has 0 bridgehead atoms. The summed E-state index contributed by atoms with van der Waals surface area (Å²) in [5, 5.41) is 12.4. The number of ether oxygens (including phenoxy) is 3. The molecule has 2 rings (SSSR count). The van der Waals surface area contributed by atoms with Crippen molar-refractivity contribution in [1.29, 1.82) is 0 Å². The Labute approximate surface area is 152 Å². The zero-order chi connectivity index (χ0) is 17.7. The van der Waals surface area contributed by atoms with Crippen LogP contribution >= 0.6 is 12.4 Å². The van der Waals surface area contributed by atoms with E-state index in [1.54, 1.807) is 11.0 Å². The van der Waals surface area contributed by atoms with Crippen LogP contribution in [-0.4, -0.2) is 70.0 Å². The topological polar surface area (TPSA) is 63.2 Å². The van der Waals surface area contributed by atoms with Gasteiger partial charge in [0.05, 0.1) is 21.3 Å². The number of aliphatic hydroxyl groups is 1. The summed E-state index contributed by atoms with van der Waals surface area (Å²) in [5.41, 5.74) is 0.260. The van der Waals surface area contributed by atoms with Gasteiger partial charge in [0.1, 0.15) is 12.6 Å². The van der Waals surface area contributed by atoms with Crippen LogP contribution in [0.3, 0.4) is 0 Å². The smallest absolute Gasteiger partial charge is 0.290 e. The fraction of sp³-hybridized carbons (Fsp3) is 0.625. The third-order valence-corrected chi connectivity index (χ3v) is 4.16. The summed E-state index contributed by atoms with van der Waals surface area (Å²) in [5.74, 6) is -2.49. The molecule has 1 saturated heterocycles. The molecule has 1 aliphatic heterocycles. The summed E-state index contributed by atoms with van der Waals surface area (Å²) in [6.07, 6.45) is 0. The molecule has 0 spiro atoms. The number of methoxy groups -OCH3 is 3. The van der Waals surface area contributed by atoms with E-state index < -0.39 is 18.6 Å². The number of benzene rings is 1. The van der Waals surface area contributed by atoms with E-state index in [9.17, 15) is 13.9 Å². The van der Waals surface area contributed by atoms with E-state index >= 15 is 0 Å². The molecule has 0 amide bonds. The summed E-state index contributed by atoms with van der Waals surface area (Å²) >= 11 is 0. The Bertz CT molecular complexity index is 557. The van der Waals surface area contributed by atoms with Crippen molar-refractivity contribution >= 4 is 12.4 Å². The van der Waals surface area contributed by atoms with Crippen LogP contribution in [0.4, 0.5) is 8.78 Å². The van der Waals surface area contributed by atoms with Crippen molar-refractivity contribution in [3.05, 3.63) is 17.7 Å². The molecule has 1 aromatic carbocycles. The predicted octanol–water partition coefficient (Wildman–Crippen LogP) is 1.71. The van der Waals surface area contributed by atoms with Crippen molar-refractivity contribution in [2.45, 2.75) is 12.0 Å². The molecule has 1 atom stereocenters. The Morgan fingerprint density at radius 1 is 1.12 bits per heavy atom. The monoisotopic (exact) mass is 382 g/mol. The number of halogens is 3. The molecule has 1 aliphatic rings. The fourth-order valence-electron chi connectivity index (χ4n) is 3.06. The Morgan fingerprint density at radius 2 is 1.72 bits per heavy atom.